The van der Waals surface area contributed by atoms with Gasteiger partial charge in [-0.05, 0) is 63.4 Å². The molecule has 2 heterocycles. The van der Waals surface area contributed by atoms with Crippen molar-refractivity contribution in [1.82, 2.24) is 0 Å². The summed E-state index contributed by atoms with van der Waals surface area (Å²) in [4.78, 5) is 2.39. The molecule has 0 amide bonds. The fourth-order valence-electron chi connectivity index (χ4n) is 7.16. The number of benzene rings is 5. The fraction of sp³-hybridized carbons (Fsp3) is 0.0811. The molecule has 0 atom stereocenters. The molecule has 5 aromatic carbocycles. The molecule has 40 heavy (non-hydrogen) atoms. The molecule has 8 rings (SSSR count). The third-order valence-corrected chi connectivity index (χ3v) is 8.72. The summed E-state index contributed by atoms with van der Waals surface area (Å²) in [7, 11) is 0. The normalized spacial score (nSPS) is 16.4. The number of rotatable bonds is 3. The Morgan fingerprint density at radius 1 is 0.600 bits per heavy atom. The van der Waals surface area contributed by atoms with Gasteiger partial charge in [-0.25, -0.2) is 0 Å². The Labute approximate surface area is 236 Å². The lowest BCUT2D eigenvalue weighted by Gasteiger charge is -2.42. The maximum absolute atomic E-state index is 7.05. The van der Waals surface area contributed by atoms with Gasteiger partial charge in [0.25, 0.3) is 6.71 Å². The molecular formula is C37H28BNO. The Morgan fingerprint density at radius 3 is 1.93 bits per heavy atom. The molecule has 0 N–H and O–H groups in total. The zero-order valence-corrected chi connectivity index (χ0v) is 22.6. The Balaban J connectivity index is 1.43. The van der Waals surface area contributed by atoms with Crippen molar-refractivity contribution in [2.45, 2.75) is 13.8 Å². The van der Waals surface area contributed by atoms with E-state index >= 15 is 0 Å². The van der Waals surface area contributed by atoms with Crippen LogP contribution in [0.5, 0.6) is 5.75 Å². The lowest BCUT2D eigenvalue weighted by molar-refractivity contribution is 0.439. The van der Waals surface area contributed by atoms with Crippen molar-refractivity contribution in [2.24, 2.45) is 5.41 Å². The standard InChI is InChI=1S/C37H28BNO/c1-37(2)33(26-17-8-4-9-18-26)32(25-15-6-3-7-16-25)35-36(37)38-28-21-12-13-22-29(28)39(27-19-10-5-11-20-27)30-23-14-24-31(40-35)34(30)38/h3-24H,1-2H3. The average Bonchev–Trinajstić information content (AvgIpc) is 3.24. The quantitative estimate of drug-likeness (QED) is 0.227. The van der Waals surface area contributed by atoms with Gasteiger partial charge >= 0.3 is 0 Å². The van der Waals surface area contributed by atoms with Crippen molar-refractivity contribution in [3.63, 3.8) is 0 Å². The van der Waals surface area contributed by atoms with Gasteiger partial charge in [0.05, 0.1) is 0 Å². The first kappa shape index (κ1) is 23.2. The smallest absolute Gasteiger partial charge is 0.252 e. The molecule has 1 aliphatic carbocycles. The Kier molecular flexibility index (Phi) is 4.99. The van der Waals surface area contributed by atoms with Gasteiger partial charge in [0, 0.05) is 28.1 Å². The molecule has 3 aliphatic rings. The van der Waals surface area contributed by atoms with Gasteiger partial charge in [-0.15, -0.1) is 0 Å². The molecule has 0 radical (unpaired) electrons. The Bertz CT molecular complexity index is 1840. The van der Waals surface area contributed by atoms with E-state index in [9.17, 15) is 0 Å². The number of para-hydroxylation sites is 2. The summed E-state index contributed by atoms with van der Waals surface area (Å²) < 4.78 is 7.05. The minimum absolute atomic E-state index is 0.0843. The highest BCUT2D eigenvalue weighted by Crippen LogP contribution is 2.58. The Hall–Kier alpha value is -4.76. The summed E-state index contributed by atoms with van der Waals surface area (Å²) in [5.41, 5.74) is 12.2. The minimum atomic E-state index is -0.265. The van der Waals surface area contributed by atoms with E-state index in [0.29, 0.717) is 0 Å². The first-order chi connectivity index (χ1) is 19.6. The van der Waals surface area contributed by atoms with E-state index < -0.39 is 0 Å². The van der Waals surface area contributed by atoms with Crippen LogP contribution in [0.1, 0.15) is 25.0 Å². The molecule has 190 valence electrons. The largest absolute Gasteiger partial charge is 0.458 e. The van der Waals surface area contributed by atoms with E-state index in [1.807, 2.05) is 0 Å². The highest BCUT2D eigenvalue weighted by Gasteiger charge is 2.53. The van der Waals surface area contributed by atoms with E-state index in [2.05, 4.69) is 152 Å². The van der Waals surface area contributed by atoms with Crippen molar-refractivity contribution in [1.29, 1.82) is 0 Å². The predicted molar refractivity (Wildman–Crippen MR) is 167 cm³/mol. The third-order valence-electron chi connectivity index (χ3n) is 8.72. The van der Waals surface area contributed by atoms with Crippen LogP contribution in [0.3, 0.4) is 0 Å². The number of allylic oxidation sites excluding steroid dienone is 3. The average molecular weight is 513 g/mol. The summed E-state index contributed by atoms with van der Waals surface area (Å²) in [6, 6.07) is 47.7. The van der Waals surface area contributed by atoms with Crippen LogP contribution < -0.4 is 20.6 Å². The van der Waals surface area contributed by atoms with E-state index in [1.165, 1.54) is 50.0 Å². The summed E-state index contributed by atoms with van der Waals surface area (Å²) in [5, 5.41) is 0. The maximum atomic E-state index is 7.05. The lowest BCUT2D eigenvalue weighted by atomic mass is 9.30. The fourth-order valence-corrected chi connectivity index (χ4v) is 7.16. The third kappa shape index (κ3) is 3.18. The van der Waals surface area contributed by atoms with Crippen LogP contribution in [0, 0.1) is 5.41 Å². The van der Waals surface area contributed by atoms with E-state index in [0.717, 1.165) is 17.2 Å². The molecule has 0 bridgehead atoms. The van der Waals surface area contributed by atoms with Crippen LogP contribution in [0.2, 0.25) is 0 Å². The van der Waals surface area contributed by atoms with Crippen molar-refractivity contribution < 1.29 is 4.74 Å². The first-order valence-corrected chi connectivity index (χ1v) is 14.0. The van der Waals surface area contributed by atoms with Gasteiger partial charge in [-0.2, -0.15) is 0 Å². The summed E-state index contributed by atoms with van der Waals surface area (Å²) in [6.07, 6.45) is 0. The van der Waals surface area contributed by atoms with Crippen LogP contribution in [-0.4, -0.2) is 6.71 Å². The summed E-state index contributed by atoms with van der Waals surface area (Å²) in [5.74, 6) is 1.95. The van der Waals surface area contributed by atoms with Crippen molar-refractivity contribution in [2.75, 3.05) is 4.90 Å². The molecule has 5 aromatic rings. The highest BCUT2D eigenvalue weighted by atomic mass is 16.5. The molecule has 3 heteroatoms. The second kappa shape index (κ2) is 8.62. The summed E-state index contributed by atoms with van der Waals surface area (Å²) >= 11 is 0. The molecule has 2 nitrogen and oxygen atoms in total. The van der Waals surface area contributed by atoms with Crippen LogP contribution in [0.25, 0.3) is 11.1 Å². The molecule has 0 unspecified atom stereocenters. The van der Waals surface area contributed by atoms with E-state index in [4.69, 9.17) is 4.74 Å². The number of fused-ring (bicyclic) bond motifs is 3. The zero-order chi connectivity index (χ0) is 26.8. The SMILES string of the molecule is CC1(C)C2=C(Oc3cccc4c3B2c2ccccc2N4c2ccccc2)C(c2ccccc2)=C1c1ccccc1. The lowest BCUT2D eigenvalue weighted by Crippen LogP contribution is -2.55. The minimum Gasteiger partial charge on any atom is -0.458 e. The molecule has 2 aliphatic heterocycles. The monoisotopic (exact) mass is 513 g/mol. The molecule has 0 spiro atoms. The molecule has 0 saturated heterocycles. The topological polar surface area (TPSA) is 12.5 Å². The highest BCUT2D eigenvalue weighted by molar-refractivity contribution is 6.95. The van der Waals surface area contributed by atoms with Gasteiger partial charge < -0.3 is 9.64 Å². The van der Waals surface area contributed by atoms with Gasteiger partial charge in [-0.3, -0.25) is 0 Å². The van der Waals surface area contributed by atoms with Crippen LogP contribution in [0.15, 0.2) is 145 Å². The van der Waals surface area contributed by atoms with Crippen molar-refractivity contribution in [3.05, 3.63) is 156 Å². The molecular weight excluding hydrogens is 485 g/mol. The van der Waals surface area contributed by atoms with Crippen LogP contribution in [-0.2, 0) is 0 Å². The van der Waals surface area contributed by atoms with Crippen LogP contribution >= 0.6 is 0 Å². The van der Waals surface area contributed by atoms with Gasteiger partial charge in [0.1, 0.15) is 11.5 Å². The first-order valence-electron chi connectivity index (χ1n) is 14.0. The molecule has 0 saturated carbocycles. The number of hydrogen-bond acceptors (Lipinski definition) is 2. The number of anilines is 3. The Morgan fingerprint density at radius 2 is 1.20 bits per heavy atom. The zero-order valence-electron chi connectivity index (χ0n) is 22.6. The van der Waals surface area contributed by atoms with Crippen LogP contribution in [0.4, 0.5) is 17.1 Å². The van der Waals surface area contributed by atoms with Crippen molar-refractivity contribution >= 4 is 45.8 Å². The molecule has 0 aromatic heterocycles. The maximum Gasteiger partial charge on any atom is 0.252 e. The predicted octanol–water partition coefficient (Wildman–Crippen LogP) is 7.92. The number of ether oxygens (including phenoxy) is 1. The number of hydrogen-bond donors (Lipinski definition) is 0. The summed E-state index contributed by atoms with van der Waals surface area (Å²) in [6.45, 7) is 4.84. The van der Waals surface area contributed by atoms with Crippen molar-refractivity contribution in [3.8, 4) is 5.75 Å². The van der Waals surface area contributed by atoms with Gasteiger partial charge in [0.2, 0.25) is 0 Å². The van der Waals surface area contributed by atoms with E-state index in [1.54, 1.807) is 0 Å². The van der Waals surface area contributed by atoms with E-state index in [-0.39, 0.29) is 12.1 Å². The second-order valence-electron chi connectivity index (χ2n) is 11.3. The van der Waals surface area contributed by atoms with Gasteiger partial charge in [0.15, 0.2) is 0 Å². The number of nitrogens with zero attached hydrogens (tertiary/aromatic N) is 1. The second-order valence-corrected chi connectivity index (χ2v) is 11.3. The molecule has 0 fully saturated rings. The van der Waals surface area contributed by atoms with Gasteiger partial charge in [-0.1, -0.05) is 117 Å².